The molecule has 3 heterocycles. The topological polar surface area (TPSA) is 35.7 Å². The number of nitrogens with zero attached hydrogens (tertiary/aromatic N) is 4. The van der Waals surface area contributed by atoms with Crippen molar-refractivity contribution in [3.05, 3.63) is 87.1 Å². The predicted molar refractivity (Wildman–Crippen MR) is 126 cm³/mol. The molecule has 158 valence electrons. The molecule has 2 aromatic heterocycles. The van der Waals surface area contributed by atoms with Gasteiger partial charge in [0.25, 0.3) is 5.82 Å². The summed E-state index contributed by atoms with van der Waals surface area (Å²) in [5.41, 5.74) is 4.75. The van der Waals surface area contributed by atoms with E-state index in [2.05, 4.69) is 55.5 Å². The van der Waals surface area contributed by atoms with Crippen LogP contribution in [0.5, 0.6) is 0 Å². The normalized spacial score (nSPS) is 13.8. The summed E-state index contributed by atoms with van der Waals surface area (Å²) in [6.07, 6.45) is 6.72. The molecule has 31 heavy (non-hydrogen) atoms. The first-order valence-corrected chi connectivity index (χ1v) is 11.6. The molecule has 0 atom stereocenters. The van der Waals surface area contributed by atoms with E-state index in [1.807, 2.05) is 49.0 Å². The van der Waals surface area contributed by atoms with Crippen LogP contribution in [-0.4, -0.2) is 13.9 Å². The van der Waals surface area contributed by atoms with Crippen molar-refractivity contribution < 1.29 is 4.57 Å². The highest BCUT2D eigenvalue weighted by Gasteiger charge is 2.32. The Morgan fingerprint density at radius 1 is 0.968 bits per heavy atom. The number of fused-ring (bicyclic) bond motifs is 1. The van der Waals surface area contributed by atoms with Gasteiger partial charge in [-0.05, 0) is 62.6 Å². The van der Waals surface area contributed by atoms with Crippen LogP contribution in [0.2, 0.25) is 0 Å². The number of rotatable bonds is 3. The fourth-order valence-corrected chi connectivity index (χ4v) is 4.89. The molecule has 0 N–H and O–H groups in total. The smallest absolute Gasteiger partial charge is 0.281 e. The zero-order valence-corrected chi connectivity index (χ0v) is 19.5. The Morgan fingerprint density at radius 3 is 2.45 bits per heavy atom. The van der Waals surface area contributed by atoms with Gasteiger partial charge in [-0.1, -0.05) is 34.1 Å². The molecule has 6 heteroatoms. The first-order valence-electron chi connectivity index (χ1n) is 10.8. The van der Waals surface area contributed by atoms with Crippen LogP contribution in [-0.2, 0) is 20.0 Å². The van der Waals surface area contributed by atoms with Crippen LogP contribution < -0.4 is 10.1 Å². The number of imidazole rings is 1. The maximum Gasteiger partial charge on any atom is 0.319 e. The molecule has 0 saturated heterocycles. The van der Waals surface area contributed by atoms with E-state index in [4.69, 9.17) is 0 Å². The molecule has 0 fully saturated rings. The van der Waals surface area contributed by atoms with E-state index in [0.29, 0.717) is 0 Å². The van der Waals surface area contributed by atoms with E-state index >= 15 is 0 Å². The summed E-state index contributed by atoms with van der Waals surface area (Å²) >= 11 is 3.54. The summed E-state index contributed by atoms with van der Waals surface area (Å²) in [5, 5.41) is 0. The van der Waals surface area contributed by atoms with Gasteiger partial charge in [-0.15, -0.1) is 0 Å². The van der Waals surface area contributed by atoms with E-state index in [-0.39, 0.29) is 5.56 Å². The molecule has 0 bridgehead atoms. The van der Waals surface area contributed by atoms with Gasteiger partial charge in [0.1, 0.15) is 6.20 Å². The van der Waals surface area contributed by atoms with Gasteiger partial charge in [-0.2, -0.15) is 4.57 Å². The van der Waals surface area contributed by atoms with E-state index in [1.165, 1.54) is 18.7 Å². The molecule has 0 saturated carbocycles. The maximum atomic E-state index is 13.8. The molecule has 5 nitrogen and oxygen atoms in total. The number of benzene rings is 2. The Bertz CT molecular complexity index is 1300. The Hall–Kier alpha value is -2.86. The van der Waals surface area contributed by atoms with Gasteiger partial charge in [0.15, 0.2) is 5.69 Å². The monoisotopic (exact) mass is 477 g/mol. The quantitative estimate of drug-likeness (QED) is 0.393. The van der Waals surface area contributed by atoms with Crippen LogP contribution in [0.4, 0.5) is 0 Å². The fraction of sp³-hybridized carbons (Fsp3) is 0.280. The Balaban J connectivity index is 1.80. The minimum atomic E-state index is 0.00723. The van der Waals surface area contributed by atoms with Crippen molar-refractivity contribution >= 4 is 15.9 Å². The summed E-state index contributed by atoms with van der Waals surface area (Å²) in [5.74, 6) is 1.21. The molecule has 2 aromatic carbocycles. The van der Waals surface area contributed by atoms with Crippen molar-refractivity contribution in [3.63, 3.8) is 0 Å². The van der Waals surface area contributed by atoms with Crippen LogP contribution in [0.25, 0.3) is 22.6 Å². The lowest BCUT2D eigenvalue weighted by Crippen LogP contribution is -2.36. The van der Waals surface area contributed by atoms with E-state index in [9.17, 15) is 4.79 Å². The second kappa shape index (κ2) is 8.00. The van der Waals surface area contributed by atoms with E-state index < -0.39 is 0 Å². The fourth-order valence-electron chi connectivity index (χ4n) is 4.62. The van der Waals surface area contributed by atoms with E-state index in [1.54, 1.807) is 4.68 Å². The highest BCUT2D eigenvalue weighted by atomic mass is 79.9. The number of halogens is 1. The second-order valence-electron chi connectivity index (χ2n) is 8.19. The zero-order valence-electron chi connectivity index (χ0n) is 17.9. The molecular formula is C25H26BrN4O+. The Kier molecular flexibility index (Phi) is 5.18. The summed E-state index contributed by atoms with van der Waals surface area (Å²) in [6.45, 7) is 3.03. The second-order valence-corrected chi connectivity index (χ2v) is 9.10. The third kappa shape index (κ3) is 3.39. The maximum absolute atomic E-state index is 13.8. The average Bonchev–Trinajstić information content (AvgIpc) is 3.10. The van der Waals surface area contributed by atoms with Gasteiger partial charge >= 0.3 is 5.56 Å². The summed E-state index contributed by atoms with van der Waals surface area (Å²) in [6, 6.07) is 18.2. The minimum Gasteiger partial charge on any atom is -0.281 e. The molecule has 4 aromatic rings. The number of para-hydroxylation sites is 1. The van der Waals surface area contributed by atoms with Gasteiger partial charge in [0, 0.05) is 23.5 Å². The number of hydrogen-bond acceptors (Lipinski definition) is 1. The van der Waals surface area contributed by atoms with Gasteiger partial charge in [-0.25, -0.2) is 9.25 Å². The van der Waals surface area contributed by atoms with Gasteiger partial charge in [0.2, 0.25) is 5.69 Å². The Labute approximate surface area is 190 Å². The SMILES string of the molecule is Cc1c(-n2c(-c3ccc(Br)cc3)c[n+]3c2CCCCC3)c(=O)n(-c2ccccc2)n1C. The van der Waals surface area contributed by atoms with Crippen molar-refractivity contribution in [1.82, 2.24) is 13.9 Å². The highest BCUT2D eigenvalue weighted by Crippen LogP contribution is 2.28. The highest BCUT2D eigenvalue weighted by molar-refractivity contribution is 9.10. The van der Waals surface area contributed by atoms with Crippen LogP contribution >= 0.6 is 15.9 Å². The first-order chi connectivity index (χ1) is 15.1. The number of aryl methyl sites for hydroxylation is 1. The lowest BCUT2D eigenvalue weighted by Gasteiger charge is -2.07. The van der Waals surface area contributed by atoms with Gasteiger partial charge < -0.3 is 0 Å². The lowest BCUT2D eigenvalue weighted by atomic mass is 10.1. The first kappa shape index (κ1) is 20.1. The largest absolute Gasteiger partial charge is 0.319 e. The molecular weight excluding hydrogens is 452 g/mol. The van der Waals surface area contributed by atoms with Gasteiger partial charge in [-0.3, -0.25) is 9.48 Å². The number of aromatic nitrogens is 4. The average molecular weight is 478 g/mol. The van der Waals surface area contributed by atoms with Gasteiger partial charge in [0.05, 0.1) is 17.9 Å². The molecule has 1 aliphatic heterocycles. The van der Waals surface area contributed by atoms with Crippen LogP contribution in [0.1, 0.15) is 30.8 Å². The van der Waals surface area contributed by atoms with Crippen molar-refractivity contribution in [2.75, 3.05) is 0 Å². The molecule has 0 amide bonds. The summed E-state index contributed by atoms with van der Waals surface area (Å²) in [4.78, 5) is 13.8. The Morgan fingerprint density at radius 2 is 1.71 bits per heavy atom. The standard InChI is InChI=1S/C25H26BrN4O/c1-18-24(25(31)30(27(18)2)21-9-5-3-6-10-21)29-22(19-12-14-20(26)15-13-19)17-28-16-8-4-7-11-23(28)29/h3,5-6,9-10,12-15,17H,4,7-8,11,16H2,1-2H3/q+1. The third-order valence-electron chi connectivity index (χ3n) is 6.30. The molecule has 0 spiro atoms. The molecule has 5 rings (SSSR count). The zero-order chi connectivity index (χ0) is 21.5. The van der Waals surface area contributed by atoms with Crippen molar-refractivity contribution in [1.29, 1.82) is 0 Å². The van der Waals surface area contributed by atoms with Crippen molar-refractivity contribution in [2.24, 2.45) is 7.05 Å². The minimum absolute atomic E-state index is 0.00723. The van der Waals surface area contributed by atoms with Crippen LogP contribution in [0, 0.1) is 6.92 Å². The third-order valence-corrected chi connectivity index (χ3v) is 6.82. The van der Waals surface area contributed by atoms with E-state index in [0.717, 1.165) is 52.2 Å². The molecule has 0 aliphatic carbocycles. The van der Waals surface area contributed by atoms with Crippen molar-refractivity contribution in [3.8, 4) is 22.6 Å². The molecule has 1 aliphatic rings. The lowest BCUT2D eigenvalue weighted by molar-refractivity contribution is -0.702. The molecule has 0 radical (unpaired) electrons. The number of hydrogen-bond donors (Lipinski definition) is 0. The van der Waals surface area contributed by atoms with Crippen molar-refractivity contribution in [2.45, 2.75) is 39.2 Å². The van der Waals surface area contributed by atoms with Crippen LogP contribution in [0.3, 0.4) is 0 Å². The summed E-state index contributed by atoms with van der Waals surface area (Å²) in [7, 11) is 1.96. The molecule has 0 unspecified atom stereocenters. The van der Waals surface area contributed by atoms with Crippen LogP contribution in [0.15, 0.2) is 70.1 Å². The summed E-state index contributed by atoms with van der Waals surface area (Å²) < 4.78 is 9.34. The predicted octanol–water partition coefficient (Wildman–Crippen LogP) is 4.72.